The van der Waals surface area contributed by atoms with Gasteiger partial charge >= 0.3 is 5.97 Å². The van der Waals surface area contributed by atoms with E-state index in [-0.39, 0.29) is 11.3 Å². The van der Waals surface area contributed by atoms with Crippen LogP contribution in [0, 0.1) is 5.82 Å². The molecule has 0 aromatic carbocycles. The van der Waals surface area contributed by atoms with Crippen LogP contribution in [0.15, 0.2) is 6.20 Å². The van der Waals surface area contributed by atoms with E-state index >= 15 is 0 Å². The fourth-order valence-corrected chi connectivity index (χ4v) is 1.34. The molecule has 0 spiro atoms. The maximum absolute atomic E-state index is 13.8. The van der Waals surface area contributed by atoms with Gasteiger partial charge in [-0.05, 0) is 0 Å². The molecule has 0 saturated carbocycles. The summed E-state index contributed by atoms with van der Waals surface area (Å²) >= 11 is 5.51. The molecule has 1 rings (SSSR count). The van der Waals surface area contributed by atoms with Crippen LogP contribution in [0.4, 0.5) is 10.1 Å². The Morgan fingerprint density at radius 3 is 2.59 bits per heavy atom. The third-order valence-corrected chi connectivity index (χ3v) is 2.43. The molecule has 0 atom stereocenters. The molecule has 0 aliphatic rings. The number of pyridine rings is 1. The lowest BCUT2D eigenvalue weighted by atomic mass is 10.2. The third kappa shape index (κ3) is 2.52. The van der Waals surface area contributed by atoms with Crippen LogP contribution >= 0.6 is 11.6 Å². The number of carbonyl (C=O) groups excluding carboxylic acids is 2. The zero-order chi connectivity index (χ0) is 13.2. The van der Waals surface area contributed by atoms with Crippen molar-refractivity contribution in [3.63, 3.8) is 0 Å². The van der Waals surface area contributed by atoms with E-state index in [1.54, 1.807) is 0 Å². The largest absolute Gasteiger partial charge is 0.465 e. The molecule has 1 amide bonds. The van der Waals surface area contributed by atoms with Gasteiger partial charge in [0.25, 0.3) is 0 Å². The third-order valence-electron chi connectivity index (χ3n) is 2.16. The van der Waals surface area contributed by atoms with Crippen molar-refractivity contribution in [1.82, 2.24) is 4.98 Å². The minimum absolute atomic E-state index is 0.160. The Hall–Kier alpha value is -1.69. The average molecular weight is 261 g/mol. The number of amides is 1. The lowest BCUT2D eigenvalue weighted by Gasteiger charge is -2.18. The van der Waals surface area contributed by atoms with Crippen LogP contribution in [0.2, 0.25) is 5.15 Å². The molecular weight excluding hydrogens is 251 g/mol. The van der Waals surface area contributed by atoms with Gasteiger partial charge in [-0.3, -0.25) is 4.79 Å². The molecule has 0 saturated heterocycles. The fraction of sp³-hybridized carbons (Fsp3) is 0.300. The van der Waals surface area contributed by atoms with Crippen molar-refractivity contribution in [3.8, 4) is 0 Å². The van der Waals surface area contributed by atoms with Gasteiger partial charge < -0.3 is 9.64 Å². The molecule has 0 radical (unpaired) electrons. The molecule has 0 aliphatic carbocycles. The van der Waals surface area contributed by atoms with E-state index in [0.29, 0.717) is 0 Å². The average Bonchev–Trinajstić information content (AvgIpc) is 2.30. The van der Waals surface area contributed by atoms with Crippen molar-refractivity contribution in [2.45, 2.75) is 6.92 Å². The highest BCUT2D eigenvalue weighted by Crippen LogP contribution is 2.28. The Kier molecular flexibility index (Phi) is 4.01. The van der Waals surface area contributed by atoms with Crippen LogP contribution in [-0.4, -0.2) is 31.0 Å². The van der Waals surface area contributed by atoms with Gasteiger partial charge in [0.2, 0.25) is 5.91 Å². The first kappa shape index (κ1) is 13.4. The first-order valence-corrected chi connectivity index (χ1v) is 4.94. The number of esters is 1. The van der Waals surface area contributed by atoms with Gasteiger partial charge in [-0.1, -0.05) is 11.6 Å². The van der Waals surface area contributed by atoms with Gasteiger partial charge in [0.1, 0.15) is 5.56 Å². The predicted octanol–water partition coefficient (Wildman–Crippen LogP) is 1.64. The Morgan fingerprint density at radius 1 is 1.53 bits per heavy atom. The smallest absolute Gasteiger partial charge is 0.341 e. The van der Waals surface area contributed by atoms with Crippen molar-refractivity contribution >= 4 is 29.2 Å². The maximum atomic E-state index is 13.8. The summed E-state index contributed by atoms with van der Waals surface area (Å²) < 4.78 is 18.2. The van der Waals surface area contributed by atoms with E-state index < -0.39 is 22.8 Å². The Balaban J connectivity index is 3.46. The maximum Gasteiger partial charge on any atom is 0.341 e. The van der Waals surface area contributed by atoms with Crippen LogP contribution in [0.5, 0.6) is 0 Å². The second-order valence-corrected chi connectivity index (χ2v) is 3.55. The predicted molar refractivity (Wildman–Crippen MR) is 59.6 cm³/mol. The molecule has 1 heterocycles. The van der Waals surface area contributed by atoms with Crippen LogP contribution in [-0.2, 0) is 9.53 Å². The van der Waals surface area contributed by atoms with E-state index in [1.807, 2.05) is 0 Å². The van der Waals surface area contributed by atoms with Crippen LogP contribution in [0.1, 0.15) is 17.3 Å². The fourth-order valence-electron chi connectivity index (χ4n) is 1.20. The summed E-state index contributed by atoms with van der Waals surface area (Å²) in [5, 5.41) is -0.416. The highest BCUT2D eigenvalue weighted by atomic mass is 35.5. The minimum Gasteiger partial charge on any atom is -0.465 e. The van der Waals surface area contributed by atoms with Gasteiger partial charge in [0.15, 0.2) is 11.0 Å². The zero-order valence-corrected chi connectivity index (χ0v) is 10.2. The Labute approximate surface area is 102 Å². The lowest BCUT2D eigenvalue weighted by molar-refractivity contribution is -0.116. The second kappa shape index (κ2) is 5.09. The van der Waals surface area contributed by atoms with Crippen molar-refractivity contribution in [2.75, 3.05) is 19.1 Å². The Bertz CT molecular complexity index is 479. The van der Waals surface area contributed by atoms with Gasteiger partial charge in [0.05, 0.1) is 12.8 Å². The molecule has 1 aromatic heterocycles. The molecule has 0 aliphatic heterocycles. The van der Waals surface area contributed by atoms with Crippen molar-refractivity contribution in [1.29, 1.82) is 0 Å². The molecular formula is C10H10ClFN2O3. The van der Waals surface area contributed by atoms with Crippen molar-refractivity contribution in [3.05, 3.63) is 22.7 Å². The number of hydrogen-bond donors (Lipinski definition) is 0. The summed E-state index contributed by atoms with van der Waals surface area (Å²) in [6.07, 6.45) is 1.06. The highest BCUT2D eigenvalue weighted by molar-refractivity contribution is 6.30. The number of ether oxygens (including phenoxy) is 1. The normalized spacial score (nSPS) is 9.94. The molecule has 92 valence electrons. The number of carbonyl (C=O) groups is 2. The quantitative estimate of drug-likeness (QED) is 0.599. The number of methoxy groups -OCH3 is 1. The number of aromatic nitrogens is 1. The highest BCUT2D eigenvalue weighted by Gasteiger charge is 2.24. The van der Waals surface area contributed by atoms with Crippen molar-refractivity contribution < 1.29 is 18.7 Å². The van der Waals surface area contributed by atoms with Crippen LogP contribution in [0.3, 0.4) is 0 Å². The van der Waals surface area contributed by atoms with Gasteiger partial charge in [-0.15, -0.1) is 0 Å². The molecule has 1 aromatic rings. The van der Waals surface area contributed by atoms with E-state index in [0.717, 1.165) is 18.2 Å². The summed E-state index contributed by atoms with van der Waals surface area (Å²) in [5.74, 6) is -2.18. The minimum atomic E-state index is -0.938. The number of hydrogen-bond acceptors (Lipinski definition) is 4. The Morgan fingerprint density at radius 2 is 2.12 bits per heavy atom. The van der Waals surface area contributed by atoms with E-state index in [1.165, 1.54) is 14.0 Å². The van der Waals surface area contributed by atoms with E-state index in [4.69, 9.17) is 11.6 Å². The van der Waals surface area contributed by atoms with Gasteiger partial charge in [-0.25, -0.2) is 14.2 Å². The van der Waals surface area contributed by atoms with E-state index in [2.05, 4.69) is 9.72 Å². The summed E-state index contributed by atoms with van der Waals surface area (Å²) in [6.45, 7) is 1.23. The van der Waals surface area contributed by atoms with Crippen molar-refractivity contribution in [2.24, 2.45) is 0 Å². The molecule has 0 unspecified atom stereocenters. The lowest BCUT2D eigenvalue weighted by Crippen LogP contribution is -2.26. The second-order valence-electron chi connectivity index (χ2n) is 3.19. The monoisotopic (exact) mass is 260 g/mol. The first-order valence-electron chi connectivity index (χ1n) is 4.56. The van der Waals surface area contributed by atoms with Gasteiger partial charge in [-0.2, -0.15) is 0 Å². The first-order chi connectivity index (χ1) is 7.90. The van der Waals surface area contributed by atoms with Gasteiger partial charge in [0, 0.05) is 20.2 Å². The molecule has 0 bridgehead atoms. The summed E-state index contributed by atoms with van der Waals surface area (Å²) in [7, 11) is 2.47. The summed E-state index contributed by atoms with van der Waals surface area (Å²) in [5.41, 5.74) is -0.406. The number of rotatable bonds is 2. The molecule has 17 heavy (non-hydrogen) atoms. The van der Waals surface area contributed by atoms with E-state index in [9.17, 15) is 14.0 Å². The molecule has 0 N–H and O–H groups in total. The van der Waals surface area contributed by atoms with Crippen LogP contribution in [0.25, 0.3) is 0 Å². The number of halogens is 2. The van der Waals surface area contributed by atoms with Crippen LogP contribution < -0.4 is 4.90 Å². The number of anilines is 1. The topological polar surface area (TPSA) is 59.5 Å². The standard InChI is InChI=1S/C10H10ClFN2O3/c1-5(15)14(2)8-6(10(16)17-3)4-13-9(11)7(8)12/h4H,1-3H3. The SMILES string of the molecule is COC(=O)c1cnc(Cl)c(F)c1N(C)C(C)=O. The summed E-state index contributed by atoms with van der Waals surface area (Å²) in [6, 6.07) is 0. The number of nitrogens with zero attached hydrogens (tertiary/aromatic N) is 2. The molecule has 5 nitrogen and oxygen atoms in total. The zero-order valence-electron chi connectivity index (χ0n) is 9.45. The molecule has 7 heteroatoms. The summed E-state index contributed by atoms with van der Waals surface area (Å²) in [4.78, 5) is 27.1. The molecule has 0 fully saturated rings.